The third-order valence-corrected chi connectivity index (χ3v) is 3.55. The summed E-state index contributed by atoms with van der Waals surface area (Å²) in [6, 6.07) is 0. The Kier molecular flexibility index (Phi) is 2.10. The Morgan fingerprint density at radius 3 is 3.08 bits per heavy atom. The van der Waals surface area contributed by atoms with Gasteiger partial charge >= 0.3 is 0 Å². The Morgan fingerprint density at radius 1 is 1.50 bits per heavy atom. The van der Waals surface area contributed by atoms with Gasteiger partial charge in [-0.05, 0) is 30.7 Å². The van der Waals surface area contributed by atoms with Crippen LogP contribution in [0.3, 0.4) is 0 Å². The Labute approximate surface area is 72.8 Å². The lowest BCUT2D eigenvalue weighted by Gasteiger charge is -2.28. The fraction of sp³-hybridized carbons (Fsp3) is 1.00. The molecule has 3 heteroatoms. The third kappa shape index (κ3) is 1.26. The number of nitrogens with one attached hydrogen (secondary N) is 1. The zero-order chi connectivity index (χ0) is 8.60. The number of aliphatic hydroxyl groups is 2. The zero-order valence-corrected chi connectivity index (χ0v) is 7.29. The molecule has 0 aromatic rings. The molecule has 12 heavy (non-hydrogen) atoms. The van der Waals surface area contributed by atoms with Crippen molar-refractivity contribution in [3.05, 3.63) is 0 Å². The van der Waals surface area contributed by atoms with E-state index in [4.69, 9.17) is 10.2 Å². The highest BCUT2D eigenvalue weighted by Gasteiger charge is 2.46. The summed E-state index contributed by atoms with van der Waals surface area (Å²) in [6.07, 6.45) is 3.14. The van der Waals surface area contributed by atoms with Gasteiger partial charge in [-0.3, -0.25) is 0 Å². The van der Waals surface area contributed by atoms with Gasteiger partial charge in [0.2, 0.25) is 0 Å². The largest absolute Gasteiger partial charge is 0.368 e. The van der Waals surface area contributed by atoms with Gasteiger partial charge < -0.3 is 15.5 Å². The molecular formula is C9H17NO2. The van der Waals surface area contributed by atoms with Crippen molar-refractivity contribution < 1.29 is 10.2 Å². The monoisotopic (exact) mass is 171 g/mol. The number of aliphatic hydroxyl groups excluding tert-OH is 1. The fourth-order valence-corrected chi connectivity index (χ4v) is 2.96. The van der Waals surface area contributed by atoms with E-state index in [1.54, 1.807) is 0 Å². The van der Waals surface area contributed by atoms with Gasteiger partial charge in [-0.15, -0.1) is 0 Å². The van der Waals surface area contributed by atoms with E-state index in [-0.39, 0.29) is 5.41 Å². The van der Waals surface area contributed by atoms with Crippen LogP contribution in [0.2, 0.25) is 0 Å². The number of fused-ring (bicyclic) bond motifs is 1. The number of rotatable bonds is 2. The van der Waals surface area contributed by atoms with E-state index in [9.17, 15) is 0 Å². The van der Waals surface area contributed by atoms with E-state index in [0.29, 0.717) is 12.3 Å². The van der Waals surface area contributed by atoms with Crippen LogP contribution in [0.1, 0.15) is 25.7 Å². The highest BCUT2D eigenvalue weighted by molar-refractivity contribution is 4.99. The third-order valence-electron chi connectivity index (χ3n) is 3.55. The molecule has 0 amide bonds. The molecule has 2 unspecified atom stereocenters. The Morgan fingerprint density at radius 2 is 2.33 bits per heavy atom. The predicted octanol–water partition coefficient (Wildman–Crippen LogP) is 0.0769. The fourth-order valence-electron chi connectivity index (χ4n) is 2.96. The first-order chi connectivity index (χ1) is 5.73. The smallest absolute Gasteiger partial charge is 0.152 e. The average molecular weight is 171 g/mol. The summed E-state index contributed by atoms with van der Waals surface area (Å²) in [5.41, 5.74) is 0.216. The zero-order valence-electron chi connectivity index (χ0n) is 7.29. The lowest BCUT2D eigenvalue weighted by molar-refractivity contribution is -0.0738. The van der Waals surface area contributed by atoms with Crippen LogP contribution in [-0.4, -0.2) is 29.6 Å². The van der Waals surface area contributed by atoms with E-state index in [1.807, 2.05) is 0 Å². The summed E-state index contributed by atoms with van der Waals surface area (Å²) in [7, 11) is 0. The molecule has 1 heterocycles. The Balaban J connectivity index is 2.06. The topological polar surface area (TPSA) is 52.5 Å². The van der Waals surface area contributed by atoms with Crippen molar-refractivity contribution >= 4 is 0 Å². The van der Waals surface area contributed by atoms with Gasteiger partial charge in [0.15, 0.2) is 6.29 Å². The summed E-state index contributed by atoms with van der Waals surface area (Å²) in [5, 5.41) is 21.3. The van der Waals surface area contributed by atoms with Gasteiger partial charge in [0.05, 0.1) is 0 Å². The Hall–Kier alpha value is -0.120. The SMILES string of the molecule is OC(O)CC12CCCC1CNC2. The second-order valence-corrected chi connectivity index (χ2v) is 4.27. The standard InChI is InChI=1S/C9H17NO2/c11-8(12)4-9-3-1-2-7(9)5-10-6-9/h7-8,10-12H,1-6H2. The molecular weight excluding hydrogens is 154 g/mol. The molecule has 3 N–H and O–H groups in total. The molecule has 70 valence electrons. The van der Waals surface area contributed by atoms with Crippen molar-refractivity contribution in [3.63, 3.8) is 0 Å². The van der Waals surface area contributed by atoms with Crippen molar-refractivity contribution in [3.8, 4) is 0 Å². The molecule has 2 rings (SSSR count). The minimum atomic E-state index is -1.12. The lowest BCUT2D eigenvalue weighted by Crippen LogP contribution is -2.30. The minimum absolute atomic E-state index is 0.216. The van der Waals surface area contributed by atoms with E-state index in [1.165, 1.54) is 19.3 Å². The summed E-state index contributed by atoms with van der Waals surface area (Å²) >= 11 is 0. The maximum atomic E-state index is 8.98. The van der Waals surface area contributed by atoms with Crippen LogP contribution in [0.5, 0.6) is 0 Å². The van der Waals surface area contributed by atoms with Gasteiger partial charge in [-0.25, -0.2) is 0 Å². The van der Waals surface area contributed by atoms with Gasteiger partial charge in [0.25, 0.3) is 0 Å². The molecule has 0 bridgehead atoms. The van der Waals surface area contributed by atoms with Crippen molar-refractivity contribution in [1.82, 2.24) is 5.32 Å². The molecule has 0 aromatic carbocycles. The first-order valence-corrected chi connectivity index (χ1v) is 4.80. The van der Waals surface area contributed by atoms with Crippen LogP contribution in [0.25, 0.3) is 0 Å². The summed E-state index contributed by atoms with van der Waals surface area (Å²) < 4.78 is 0. The van der Waals surface area contributed by atoms with Gasteiger partial charge in [0.1, 0.15) is 0 Å². The van der Waals surface area contributed by atoms with Crippen LogP contribution >= 0.6 is 0 Å². The van der Waals surface area contributed by atoms with Crippen LogP contribution in [0.4, 0.5) is 0 Å². The van der Waals surface area contributed by atoms with Crippen molar-refractivity contribution in [2.75, 3.05) is 13.1 Å². The van der Waals surface area contributed by atoms with Crippen molar-refractivity contribution in [2.45, 2.75) is 32.0 Å². The van der Waals surface area contributed by atoms with Gasteiger partial charge in [-0.1, -0.05) is 6.42 Å². The first-order valence-electron chi connectivity index (χ1n) is 4.80. The van der Waals surface area contributed by atoms with Gasteiger partial charge in [-0.2, -0.15) is 0 Å². The molecule has 0 spiro atoms. The summed E-state index contributed by atoms with van der Waals surface area (Å²) in [6.45, 7) is 2.06. The van der Waals surface area contributed by atoms with Crippen molar-refractivity contribution in [2.24, 2.45) is 11.3 Å². The first kappa shape index (κ1) is 8.48. The Bertz CT molecular complexity index is 160. The maximum Gasteiger partial charge on any atom is 0.152 e. The summed E-state index contributed by atoms with van der Waals surface area (Å²) in [5.74, 6) is 0.694. The normalized spacial score (nSPS) is 40.8. The van der Waals surface area contributed by atoms with Crippen LogP contribution in [-0.2, 0) is 0 Å². The van der Waals surface area contributed by atoms with Crippen LogP contribution in [0, 0.1) is 11.3 Å². The van der Waals surface area contributed by atoms with E-state index in [2.05, 4.69) is 5.32 Å². The molecule has 0 aromatic heterocycles. The highest BCUT2D eigenvalue weighted by atomic mass is 16.5. The molecule has 1 saturated carbocycles. The van der Waals surface area contributed by atoms with E-state index in [0.717, 1.165) is 13.1 Å². The van der Waals surface area contributed by atoms with E-state index >= 15 is 0 Å². The van der Waals surface area contributed by atoms with Crippen LogP contribution in [0.15, 0.2) is 0 Å². The second-order valence-electron chi connectivity index (χ2n) is 4.27. The molecule has 1 aliphatic heterocycles. The number of hydrogen-bond acceptors (Lipinski definition) is 3. The maximum absolute atomic E-state index is 8.98. The van der Waals surface area contributed by atoms with Gasteiger partial charge in [0, 0.05) is 13.0 Å². The second kappa shape index (κ2) is 2.98. The molecule has 0 radical (unpaired) electrons. The molecule has 3 nitrogen and oxygen atoms in total. The average Bonchev–Trinajstić information content (AvgIpc) is 2.42. The van der Waals surface area contributed by atoms with E-state index < -0.39 is 6.29 Å². The highest BCUT2D eigenvalue weighted by Crippen LogP contribution is 2.48. The molecule has 2 atom stereocenters. The quantitative estimate of drug-likeness (QED) is 0.516. The lowest BCUT2D eigenvalue weighted by atomic mass is 9.77. The molecule has 2 aliphatic rings. The predicted molar refractivity (Wildman–Crippen MR) is 45.5 cm³/mol. The minimum Gasteiger partial charge on any atom is -0.368 e. The van der Waals surface area contributed by atoms with Crippen LogP contribution < -0.4 is 5.32 Å². The number of hydrogen-bond donors (Lipinski definition) is 3. The molecule has 1 saturated heterocycles. The molecule has 2 fully saturated rings. The summed E-state index contributed by atoms with van der Waals surface area (Å²) in [4.78, 5) is 0. The molecule has 1 aliphatic carbocycles. The van der Waals surface area contributed by atoms with Crippen molar-refractivity contribution in [1.29, 1.82) is 0 Å².